The third-order valence-electron chi connectivity index (χ3n) is 3.55. The van der Waals surface area contributed by atoms with Gasteiger partial charge in [-0.3, -0.25) is 4.79 Å². The molecule has 2 N–H and O–H groups in total. The number of carbonyl (C=O) groups is 1. The van der Waals surface area contributed by atoms with Gasteiger partial charge >= 0.3 is 0 Å². The number of nitrogens with one attached hydrogen (secondary N) is 1. The van der Waals surface area contributed by atoms with Crippen LogP contribution in [0.2, 0.25) is 0 Å². The summed E-state index contributed by atoms with van der Waals surface area (Å²) in [5.41, 5.74) is 3.78. The molecule has 3 aromatic rings. The zero-order chi connectivity index (χ0) is 18.4. The summed E-state index contributed by atoms with van der Waals surface area (Å²) in [5, 5.41) is 15.5. The third-order valence-corrected chi connectivity index (χ3v) is 4.48. The highest BCUT2D eigenvalue weighted by atomic mass is 32.2. The fourth-order valence-corrected chi connectivity index (χ4v) is 2.91. The number of rotatable bonds is 6. The maximum atomic E-state index is 11.9. The molecule has 6 nitrogen and oxygen atoms in total. The molecule has 0 radical (unpaired) electrons. The van der Waals surface area contributed by atoms with Crippen molar-refractivity contribution in [2.45, 2.75) is 5.03 Å². The summed E-state index contributed by atoms with van der Waals surface area (Å²) in [4.78, 5) is 16.4. The Bertz CT molecular complexity index is 960. The molecular formula is C19H17N3O3S. The number of aromatic hydroxyl groups is 1. The number of carbonyl (C=O) groups excluding carboxylic acids is 1. The summed E-state index contributed by atoms with van der Waals surface area (Å²) >= 11 is 1.33. The van der Waals surface area contributed by atoms with Gasteiger partial charge in [-0.1, -0.05) is 36.0 Å². The molecule has 7 heteroatoms. The van der Waals surface area contributed by atoms with Gasteiger partial charge in [-0.15, -0.1) is 0 Å². The normalized spacial score (nSPS) is 11.0. The van der Waals surface area contributed by atoms with E-state index >= 15 is 0 Å². The number of phenolic OH excluding ortho intramolecular Hbond substituents is 1. The number of amides is 1. The first kappa shape index (κ1) is 17.8. The standard InChI is InChI=1S/C19H17N3O3S/c1-25-15-7-8-17(23)14(10-15)11-20-22-18(24)12-26-19-9-6-13-4-2-3-5-16(13)21-19/h2-11,23H,12H2,1H3,(H,22,24)/b20-11+. The quantitative estimate of drug-likeness (QED) is 0.397. The molecule has 0 bridgehead atoms. The van der Waals surface area contributed by atoms with Crippen molar-refractivity contribution in [3.63, 3.8) is 0 Å². The molecule has 1 heterocycles. The van der Waals surface area contributed by atoms with Crippen LogP contribution in [-0.4, -0.2) is 35.1 Å². The van der Waals surface area contributed by atoms with E-state index in [1.165, 1.54) is 31.2 Å². The van der Waals surface area contributed by atoms with Gasteiger partial charge in [0.15, 0.2) is 0 Å². The van der Waals surface area contributed by atoms with E-state index in [0.717, 1.165) is 15.9 Å². The van der Waals surface area contributed by atoms with E-state index < -0.39 is 0 Å². The van der Waals surface area contributed by atoms with Crippen molar-refractivity contribution in [3.05, 3.63) is 60.2 Å². The van der Waals surface area contributed by atoms with Gasteiger partial charge in [-0.25, -0.2) is 10.4 Å². The Morgan fingerprint density at radius 3 is 2.96 bits per heavy atom. The van der Waals surface area contributed by atoms with Crippen LogP contribution in [0, 0.1) is 0 Å². The molecule has 0 unspecified atom stereocenters. The molecule has 0 aliphatic carbocycles. The fourth-order valence-electron chi connectivity index (χ4n) is 2.24. The smallest absolute Gasteiger partial charge is 0.250 e. The first-order chi connectivity index (χ1) is 12.7. The van der Waals surface area contributed by atoms with Crippen molar-refractivity contribution >= 4 is 34.8 Å². The summed E-state index contributed by atoms with van der Waals surface area (Å²) in [6.07, 6.45) is 1.37. The first-order valence-electron chi connectivity index (χ1n) is 7.83. The summed E-state index contributed by atoms with van der Waals surface area (Å²) in [7, 11) is 1.53. The summed E-state index contributed by atoms with van der Waals surface area (Å²) < 4.78 is 5.08. The number of nitrogens with zero attached hydrogens (tertiary/aromatic N) is 2. The van der Waals surface area contributed by atoms with Gasteiger partial charge in [0, 0.05) is 10.9 Å². The highest BCUT2D eigenvalue weighted by Gasteiger charge is 2.05. The van der Waals surface area contributed by atoms with E-state index in [1.54, 1.807) is 12.1 Å². The summed E-state index contributed by atoms with van der Waals surface area (Å²) in [5.74, 6) is 0.572. The number of hydrazone groups is 1. The zero-order valence-corrected chi connectivity index (χ0v) is 14.9. The van der Waals surface area contributed by atoms with Crippen molar-refractivity contribution in [3.8, 4) is 11.5 Å². The predicted molar refractivity (Wildman–Crippen MR) is 103 cm³/mol. The van der Waals surface area contributed by atoms with Crippen molar-refractivity contribution in [2.75, 3.05) is 12.9 Å². The second-order valence-electron chi connectivity index (χ2n) is 5.35. The van der Waals surface area contributed by atoms with Gasteiger partial charge in [0.25, 0.3) is 0 Å². The highest BCUT2D eigenvalue weighted by molar-refractivity contribution is 7.99. The Kier molecular flexibility index (Phi) is 5.70. The van der Waals surface area contributed by atoms with Gasteiger partial charge in [0.2, 0.25) is 5.91 Å². The molecule has 0 aliphatic heterocycles. The maximum Gasteiger partial charge on any atom is 0.250 e. The van der Waals surface area contributed by atoms with Crippen LogP contribution >= 0.6 is 11.8 Å². The van der Waals surface area contributed by atoms with Crippen LogP contribution in [-0.2, 0) is 4.79 Å². The second-order valence-corrected chi connectivity index (χ2v) is 6.34. The SMILES string of the molecule is COc1ccc(O)c(/C=N/NC(=O)CSc2ccc3ccccc3n2)c1. The Morgan fingerprint density at radius 2 is 2.12 bits per heavy atom. The Hall–Kier alpha value is -3.06. The molecule has 1 aromatic heterocycles. The molecule has 0 spiro atoms. The number of aromatic nitrogens is 1. The van der Waals surface area contributed by atoms with E-state index in [2.05, 4.69) is 15.5 Å². The van der Waals surface area contributed by atoms with Gasteiger partial charge in [-0.2, -0.15) is 5.10 Å². The number of pyridine rings is 1. The molecule has 132 valence electrons. The fraction of sp³-hybridized carbons (Fsp3) is 0.105. The topological polar surface area (TPSA) is 83.8 Å². The predicted octanol–water partition coefficient (Wildman–Crippen LogP) is 3.19. The lowest BCUT2D eigenvalue weighted by Gasteiger charge is -2.04. The largest absolute Gasteiger partial charge is 0.507 e. The molecule has 0 saturated heterocycles. The van der Waals surface area contributed by atoms with Crippen molar-refractivity contribution in [1.82, 2.24) is 10.4 Å². The van der Waals surface area contributed by atoms with Gasteiger partial charge in [0.05, 0.1) is 29.6 Å². The Labute approximate surface area is 154 Å². The minimum absolute atomic E-state index is 0.0542. The minimum Gasteiger partial charge on any atom is -0.507 e. The molecule has 0 aliphatic rings. The number of hydrogen-bond acceptors (Lipinski definition) is 6. The van der Waals surface area contributed by atoms with Crippen LogP contribution in [0.5, 0.6) is 11.5 Å². The average molecular weight is 367 g/mol. The Balaban J connectivity index is 1.55. The number of para-hydroxylation sites is 1. The molecule has 0 atom stereocenters. The van der Waals surface area contributed by atoms with E-state index in [-0.39, 0.29) is 17.4 Å². The van der Waals surface area contributed by atoms with Crippen LogP contribution in [0.4, 0.5) is 0 Å². The number of phenols is 1. The molecule has 0 saturated carbocycles. The van der Waals surface area contributed by atoms with Crippen molar-refractivity contribution in [1.29, 1.82) is 0 Å². The maximum absolute atomic E-state index is 11.9. The number of fused-ring (bicyclic) bond motifs is 1. The molecule has 2 aromatic carbocycles. The van der Waals surface area contributed by atoms with Crippen molar-refractivity contribution < 1.29 is 14.6 Å². The highest BCUT2D eigenvalue weighted by Crippen LogP contribution is 2.21. The lowest BCUT2D eigenvalue weighted by Crippen LogP contribution is -2.19. The lowest BCUT2D eigenvalue weighted by molar-refractivity contribution is -0.118. The van der Waals surface area contributed by atoms with E-state index in [9.17, 15) is 9.90 Å². The van der Waals surface area contributed by atoms with Crippen molar-refractivity contribution in [2.24, 2.45) is 5.10 Å². The van der Waals surface area contributed by atoms with Gasteiger partial charge in [-0.05, 0) is 30.3 Å². The van der Waals surface area contributed by atoms with Crippen LogP contribution in [0.3, 0.4) is 0 Å². The number of methoxy groups -OCH3 is 1. The van der Waals surface area contributed by atoms with E-state index in [4.69, 9.17) is 4.74 Å². The molecule has 1 amide bonds. The molecule has 26 heavy (non-hydrogen) atoms. The first-order valence-corrected chi connectivity index (χ1v) is 8.82. The number of ether oxygens (including phenoxy) is 1. The molecule has 3 rings (SSSR count). The zero-order valence-electron chi connectivity index (χ0n) is 14.0. The van der Waals surface area contributed by atoms with Gasteiger partial charge in [0.1, 0.15) is 11.5 Å². The number of benzene rings is 2. The number of thioether (sulfide) groups is 1. The van der Waals surface area contributed by atoms with Crippen LogP contribution in [0.1, 0.15) is 5.56 Å². The van der Waals surface area contributed by atoms with Gasteiger partial charge < -0.3 is 9.84 Å². The summed E-state index contributed by atoms with van der Waals surface area (Å²) in [6, 6.07) is 16.4. The van der Waals surface area contributed by atoms with Crippen LogP contribution in [0.15, 0.2) is 64.7 Å². The Morgan fingerprint density at radius 1 is 1.27 bits per heavy atom. The average Bonchev–Trinajstić information content (AvgIpc) is 2.67. The second kappa shape index (κ2) is 8.35. The van der Waals surface area contributed by atoms with E-state index in [0.29, 0.717) is 11.3 Å². The number of hydrogen-bond donors (Lipinski definition) is 2. The lowest BCUT2D eigenvalue weighted by atomic mass is 10.2. The third kappa shape index (κ3) is 4.52. The summed E-state index contributed by atoms with van der Waals surface area (Å²) in [6.45, 7) is 0. The molecular weight excluding hydrogens is 350 g/mol. The minimum atomic E-state index is -0.261. The monoisotopic (exact) mass is 367 g/mol. The van der Waals surface area contributed by atoms with E-state index in [1.807, 2.05) is 36.4 Å². The van der Waals surface area contributed by atoms with Crippen LogP contribution < -0.4 is 10.2 Å². The molecule has 0 fully saturated rings. The van der Waals surface area contributed by atoms with Crippen LogP contribution in [0.25, 0.3) is 10.9 Å².